The highest BCUT2D eigenvalue weighted by molar-refractivity contribution is 8.00. The van der Waals surface area contributed by atoms with Gasteiger partial charge in [0, 0.05) is 16.5 Å². The Morgan fingerprint density at radius 3 is 2.48 bits per heavy atom. The Morgan fingerprint density at radius 1 is 1.11 bits per heavy atom. The van der Waals surface area contributed by atoms with Gasteiger partial charge >= 0.3 is 0 Å². The summed E-state index contributed by atoms with van der Waals surface area (Å²) in [4.78, 5) is 28.6. The predicted molar refractivity (Wildman–Crippen MR) is 108 cm³/mol. The number of hydrogen-bond donors (Lipinski definition) is 2. The predicted octanol–water partition coefficient (Wildman–Crippen LogP) is 4.33. The van der Waals surface area contributed by atoms with E-state index >= 15 is 0 Å². The minimum atomic E-state index is -0.549. The van der Waals surface area contributed by atoms with Gasteiger partial charge < -0.3 is 4.74 Å². The van der Waals surface area contributed by atoms with E-state index in [-0.39, 0.29) is 26.8 Å². The number of halogens is 2. The fraction of sp³-hybridized carbons (Fsp3) is 0.278. The Balaban J connectivity index is 1.99. The first kappa shape index (κ1) is 21.3. The molecule has 0 aliphatic carbocycles. The standard InChI is InChI=1S/C18H19Cl2N3O3S/c1-18(2,3)27-10-26-17-12(5-4-8-21-17)16(25)23-22-15(24)11-6-7-13(19)14(20)9-11/h4-9H,10H2,1-3H3,(H,22,24)(H,23,25). The summed E-state index contributed by atoms with van der Waals surface area (Å²) in [6.45, 7) is 6.18. The Bertz CT molecular complexity index is 841. The summed E-state index contributed by atoms with van der Waals surface area (Å²) in [6, 6.07) is 7.58. The van der Waals surface area contributed by atoms with Gasteiger partial charge in [0.1, 0.15) is 11.5 Å². The van der Waals surface area contributed by atoms with Crippen molar-refractivity contribution in [3.05, 3.63) is 57.7 Å². The minimum absolute atomic E-state index is 0.0189. The molecular formula is C18H19Cl2N3O3S. The Morgan fingerprint density at radius 2 is 1.81 bits per heavy atom. The number of hydrogen-bond acceptors (Lipinski definition) is 5. The van der Waals surface area contributed by atoms with E-state index in [9.17, 15) is 9.59 Å². The van der Waals surface area contributed by atoms with Gasteiger partial charge in [-0.2, -0.15) is 0 Å². The number of thioether (sulfide) groups is 1. The van der Waals surface area contributed by atoms with Gasteiger partial charge in [-0.05, 0) is 30.3 Å². The summed E-state index contributed by atoms with van der Waals surface area (Å²) in [5.74, 6) is -0.546. The van der Waals surface area contributed by atoms with Crippen LogP contribution in [-0.4, -0.2) is 27.5 Å². The molecule has 6 nitrogen and oxygen atoms in total. The molecule has 0 aliphatic heterocycles. The molecule has 2 aromatic rings. The van der Waals surface area contributed by atoms with Crippen LogP contribution in [0.5, 0.6) is 5.88 Å². The van der Waals surface area contributed by atoms with Gasteiger partial charge in [-0.15, -0.1) is 11.8 Å². The quantitative estimate of drug-likeness (QED) is 0.547. The molecule has 0 saturated heterocycles. The summed E-state index contributed by atoms with van der Waals surface area (Å²) in [5, 5.41) is 0.581. The van der Waals surface area contributed by atoms with Crippen molar-refractivity contribution in [3.8, 4) is 5.88 Å². The SMILES string of the molecule is CC(C)(C)SCOc1ncccc1C(=O)NNC(=O)c1ccc(Cl)c(Cl)c1. The van der Waals surface area contributed by atoms with Crippen LogP contribution >= 0.6 is 35.0 Å². The van der Waals surface area contributed by atoms with E-state index in [4.69, 9.17) is 27.9 Å². The zero-order valence-corrected chi connectivity index (χ0v) is 17.3. The second kappa shape index (κ2) is 9.30. The Labute approximate surface area is 171 Å². The summed E-state index contributed by atoms with van der Waals surface area (Å²) < 4.78 is 5.62. The van der Waals surface area contributed by atoms with Gasteiger partial charge in [-0.1, -0.05) is 44.0 Å². The van der Waals surface area contributed by atoms with E-state index < -0.39 is 11.8 Å². The largest absolute Gasteiger partial charge is 0.466 e. The lowest BCUT2D eigenvalue weighted by Crippen LogP contribution is -2.41. The van der Waals surface area contributed by atoms with Crippen LogP contribution in [0, 0.1) is 0 Å². The van der Waals surface area contributed by atoms with Gasteiger partial charge in [0.2, 0.25) is 5.88 Å². The fourth-order valence-corrected chi connectivity index (χ4v) is 2.65. The molecule has 0 unspecified atom stereocenters. The van der Waals surface area contributed by atoms with Gasteiger partial charge in [-0.3, -0.25) is 20.4 Å². The number of nitrogens with zero attached hydrogens (tertiary/aromatic N) is 1. The molecule has 2 amide bonds. The van der Waals surface area contributed by atoms with Crippen LogP contribution in [0.2, 0.25) is 10.0 Å². The third-order valence-electron chi connectivity index (χ3n) is 3.17. The summed E-state index contributed by atoms with van der Waals surface area (Å²) >= 11 is 13.3. The molecule has 2 rings (SSSR count). The molecule has 0 spiro atoms. The highest BCUT2D eigenvalue weighted by Gasteiger charge is 2.17. The highest BCUT2D eigenvalue weighted by Crippen LogP contribution is 2.25. The number of pyridine rings is 1. The molecule has 1 aromatic carbocycles. The number of aromatic nitrogens is 1. The molecular weight excluding hydrogens is 409 g/mol. The maximum atomic E-state index is 12.4. The van der Waals surface area contributed by atoms with Crippen molar-refractivity contribution < 1.29 is 14.3 Å². The molecule has 27 heavy (non-hydrogen) atoms. The van der Waals surface area contributed by atoms with Crippen molar-refractivity contribution in [3.63, 3.8) is 0 Å². The molecule has 1 aromatic heterocycles. The van der Waals surface area contributed by atoms with E-state index in [1.807, 2.05) is 0 Å². The zero-order valence-electron chi connectivity index (χ0n) is 15.0. The first-order valence-electron chi connectivity index (χ1n) is 7.95. The van der Waals surface area contributed by atoms with Crippen molar-refractivity contribution >= 4 is 46.8 Å². The lowest BCUT2D eigenvalue weighted by Gasteiger charge is -2.18. The van der Waals surface area contributed by atoms with E-state index in [0.29, 0.717) is 11.0 Å². The molecule has 0 radical (unpaired) electrons. The molecule has 0 saturated carbocycles. The number of carbonyl (C=O) groups is 2. The third-order valence-corrected chi connectivity index (χ3v) is 5.02. The van der Waals surface area contributed by atoms with Crippen LogP contribution in [0.3, 0.4) is 0 Å². The third kappa shape index (κ3) is 6.61. The second-order valence-corrected chi connectivity index (χ2v) is 8.98. The van der Waals surface area contributed by atoms with Crippen LogP contribution in [0.1, 0.15) is 41.5 Å². The number of amides is 2. The summed E-state index contributed by atoms with van der Waals surface area (Å²) in [5.41, 5.74) is 5.13. The molecule has 0 atom stereocenters. The van der Waals surface area contributed by atoms with Crippen molar-refractivity contribution in [1.82, 2.24) is 15.8 Å². The molecule has 0 bridgehead atoms. The van der Waals surface area contributed by atoms with Crippen molar-refractivity contribution in [2.45, 2.75) is 25.5 Å². The smallest absolute Gasteiger partial charge is 0.275 e. The Hall–Kier alpha value is -1.96. The highest BCUT2D eigenvalue weighted by atomic mass is 35.5. The van der Waals surface area contributed by atoms with E-state index in [1.54, 1.807) is 23.9 Å². The van der Waals surface area contributed by atoms with Gasteiger partial charge in [0.15, 0.2) is 0 Å². The number of rotatable bonds is 5. The number of benzene rings is 1. The van der Waals surface area contributed by atoms with E-state index in [0.717, 1.165) is 0 Å². The molecule has 9 heteroatoms. The molecule has 0 fully saturated rings. The number of carbonyl (C=O) groups excluding carboxylic acids is 2. The topological polar surface area (TPSA) is 80.3 Å². The minimum Gasteiger partial charge on any atom is -0.466 e. The average Bonchev–Trinajstić information content (AvgIpc) is 2.61. The average molecular weight is 428 g/mol. The molecule has 144 valence electrons. The first-order chi connectivity index (χ1) is 12.7. The van der Waals surface area contributed by atoms with Gasteiger partial charge in [-0.25, -0.2) is 4.98 Å². The van der Waals surface area contributed by atoms with Crippen molar-refractivity contribution in [2.75, 3.05) is 5.94 Å². The monoisotopic (exact) mass is 427 g/mol. The normalized spacial score (nSPS) is 11.0. The lowest BCUT2D eigenvalue weighted by molar-refractivity contribution is 0.0844. The molecule has 2 N–H and O–H groups in total. The van der Waals surface area contributed by atoms with Crippen LogP contribution in [0.15, 0.2) is 36.5 Å². The number of hydrazine groups is 1. The number of ether oxygens (including phenoxy) is 1. The fourth-order valence-electron chi connectivity index (χ4n) is 1.83. The van der Waals surface area contributed by atoms with Crippen LogP contribution < -0.4 is 15.6 Å². The number of nitrogens with one attached hydrogen (secondary N) is 2. The van der Waals surface area contributed by atoms with Crippen LogP contribution in [0.4, 0.5) is 0 Å². The summed E-state index contributed by atoms with van der Waals surface area (Å²) in [7, 11) is 0. The van der Waals surface area contributed by atoms with Crippen molar-refractivity contribution in [2.24, 2.45) is 0 Å². The van der Waals surface area contributed by atoms with E-state index in [1.165, 1.54) is 24.4 Å². The maximum absolute atomic E-state index is 12.4. The maximum Gasteiger partial charge on any atom is 0.275 e. The van der Waals surface area contributed by atoms with Gasteiger partial charge in [0.25, 0.3) is 11.8 Å². The summed E-state index contributed by atoms with van der Waals surface area (Å²) in [6.07, 6.45) is 1.53. The van der Waals surface area contributed by atoms with Crippen molar-refractivity contribution in [1.29, 1.82) is 0 Å². The molecule has 1 heterocycles. The van der Waals surface area contributed by atoms with Gasteiger partial charge in [0.05, 0.1) is 10.0 Å². The van der Waals surface area contributed by atoms with Crippen LogP contribution in [0.25, 0.3) is 0 Å². The zero-order chi connectivity index (χ0) is 20.0. The first-order valence-corrected chi connectivity index (χ1v) is 9.69. The molecule has 0 aliphatic rings. The second-order valence-electron chi connectivity index (χ2n) is 6.41. The van der Waals surface area contributed by atoms with E-state index in [2.05, 4.69) is 36.6 Å². The van der Waals surface area contributed by atoms with Crippen LogP contribution in [-0.2, 0) is 0 Å². The Kier molecular flexibility index (Phi) is 7.35. The lowest BCUT2D eigenvalue weighted by atomic mass is 10.2.